The van der Waals surface area contributed by atoms with Gasteiger partial charge in [0.2, 0.25) is 0 Å². The smallest absolute Gasteiger partial charge is 0.357 e. The summed E-state index contributed by atoms with van der Waals surface area (Å²) in [5.74, 6) is 7.94. The van der Waals surface area contributed by atoms with Crippen LogP contribution in [0.3, 0.4) is 0 Å². The van der Waals surface area contributed by atoms with E-state index in [0.717, 1.165) is 36.6 Å². The standard InChI is InChI=1S/C20H23F3N6/c1-3-24-19(27-17-9-10-18-26-14(2)28-29(18)13-17)25-11-5-7-15-6-4-8-16(12-15)20(21,22)23/h4,6,8,12,17H,3,9-11,13H2,1-2H3,(H2,24,25,27). The van der Waals surface area contributed by atoms with Gasteiger partial charge < -0.3 is 10.6 Å². The van der Waals surface area contributed by atoms with Crippen LogP contribution in [0.2, 0.25) is 0 Å². The molecule has 1 aliphatic heterocycles. The largest absolute Gasteiger partial charge is 0.416 e. The number of rotatable bonds is 3. The molecule has 6 nitrogen and oxygen atoms in total. The second-order valence-electron chi connectivity index (χ2n) is 6.71. The van der Waals surface area contributed by atoms with E-state index in [-0.39, 0.29) is 12.6 Å². The van der Waals surface area contributed by atoms with Gasteiger partial charge in [-0.3, -0.25) is 0 Å². The number of alkyl halides is 3. The number of guanidine groups is 1. The average Bonchev–Trinajstić information content (AvgIpc) is 3.04. The molecule has 0 radical (unpaired) electrons. The molecule has 0 fully saturated rings. The Kier molecular flexibility index (Phi) is 6.42. The lowest BCUT2D eigenvalue weighted by molar-refractivity contribution is -0.137. The zero-order valence-electron chi connectivity index (χ0n) is 16.3. The summed E-state index contributed by atoms with van der Waals surface area (Å²) in [6, 6.07) is 5.14. The second kappa shape index (κ2) is 8.99. The molecule has 0 spiro atoms. The van der Waals surface area contributed by atoms with E-state index in [4.69, 9.17) is 0 Å². The predicted octanol–water partition coefficient (Wildman–Crippen LogP) is 2.53. The number of aromatic nitrogens is 3. The molecule has 9 heteroatoms. The number of halogens is 3. The van der Waals surface area contributed by atoms with Gasteiger partial charge in [-0.15, -0.1) is 0 Å². The molecule has 0 aliphatic carbocycles. The summed E-state index contributed by atoms with van der Waals surface area (Å²) in [7, 11) is 0. The van der Waals surface area contributed by atoms with Crippen LogP contribution < -0.4 is 10.6 Å². The van der Waals surface area contributed by atoms with E-state index in [0.29, 0.717) is 24.6 Å². The molecule has 2 heterocycles. The van der Waals surface area contributed by atoms with Crippen LogP contribution in [0.15, 0.2) is 29.3 Å². The minimum atomic E-state index is -4.37. The van der Waals surface area contributed by atoms with E-state index in [1.54, 1.807) is 6.07 Å². The van der Waals surface area contributed by atoms with E-state index < -0.39 is 11.7 Å². The highest BCUT2D eigenvalue weighted by Crippen LogP contribution is 2.29. The maximum absolute atomic E-state index is 12.8. The molecule has 0 bridgehead atoms. The highest BCUT2D eigenvalue weighted by Gasteiger charge is 2.30. The van der Waals surface area contributed by atoms with Crippen LogP contribution in [0, 0.1) is 18.8 Å². The van der Waals surface area contributed by atoms with Gasteiger partial charge in [0, 0.05) is 24.6 Å². The van der Waals surface area contributed by atoms with Crippen molar-refractivity contribution in [2.45, 2.75) is 45.5 Å². The Morgan fingerprint density at radius 1 is 1.38 bits per heavy atom. The van der Waals surface area contributed by atoms with E-state index in [1.807, 2.05) is 18.5 Å². The molecule has 0 saturated heterocycles. The molecule has 1 unspecified atom stereocenters. The normalized spacial score (nSPS) is 16.6. The van der Waals surface area contributed by atoms with Gasteiger partial charge in [-0.2, -0.15) is 18.3 Å². The maximum Gasteiger partial charge on any atom is 0.416 e. The summed E-state index contributed by atoms with van der Waals surface area (Å²) < 4.78 is 40.2. The Hall–Kier alpha value is -3.02. The fourth-order valence-corrected chi connectivity index (χ4v) is 3.10. The topological polar surface area (TPSA) is 67.1 Å². The lowest BCUT2D eigenvalue weighted by Gasteiger charge is -2.25. The van der Waals surface area contributed by atoms with Crippen molar-refractivity contribution < 1.29 is 13.2 Å². The van der Waals surface area contributed by atoms with Crippen LogP contribution in [0.1, 0.15) is 36.1 Å². The molecule has 2 N–H and O–H groups in total. The number of benzene rings is 1. The van der Waals surface area contributed by atoms with Gasteiger partial charge in [0.1, 0.15) is 18.2 Å². The van der Waals surface area contributed by atoms with Gasteiger partial charge in [0.15, 0.2) is 5.96 Å². The number of nitrogens with zero attached hydrogens (tertiary/aromatic N) is 4. The van der Waals surface area contributed by atoms with Crippen molar-refractivity contribution in [3.63, 3.8) is 0 Å². The quantitative estimate of drug-likeness (QED) is 0.469. The second-order valence-corrected chi connectivity index (χ2v) is 6.71. The first-order valence-corrected chi connectivity index (χ1v) is 9.46. The summed E-state index contributed by atoms with van der Waals surface area (Å²) in [6.45, 7) is 5.41. The molecule has 1 atom stereocenters. The third-order valence-electron chi connectivity index (χ3n) is 4.39. The number of hydrogen-bond donors (Lipinski definition) is 2. The first-order valence-electron chi connectivity index (χ1n) is 9.46. The van der Waals surface area contributed by atoms with Gasteiger partial charge in [0.05, 0.1) is 12.1 Å². The van der Waals surface area contributed by atoms with E-state index in [2.05, 4.69) is 37.5 Å². The van der Waals surface area contributed by atoms with Crippen molar-refractivity contribution in [2.75, 3.05) is 13.1 Å². The van der Waals surface area contributed by atoms with Crippen molar-refractivity contribution in [3.05, 3.63) is 47.0 Å². The van der Waals surface area contributed by atoms with E-state index in [1.165, 1.54) is 6.07 Å². The van der Waals surface area contributed by atoms with Gasteiger partial charge in [-0.1, -0.05) is 17.9 Å². The lowest BCUT2D eigenvalue weighted by atomic mass is 10.1. The Morgan fingerprint density at radius 2 is 2.21 bits per heavy atom. The number of nitrogens with one attached hydrogen (secondary N) is 2. The summed E-state index contributed by atoms with van der Waals surface area (Å²) >= 11 is 0. The van der Waals surface area contributed by atoms with Crippen LogP contribution in [0.4, 0.5) is 13.2 Å². The highest BCUT2D eigenvalue weighted by molar-refractivity contribution is 5.80. The van der Waals surface area contributed by atoms with Crippen molar-refractivity contribution in [1.29, 1.82) is 0 Å². The molecular formula is C20H23F3N6. The molecule has 0 saturated carbocycles. The minimum absolute atomic E-state index is 0.165. The van der Waals surface area contributed by atoms with Gasteiger partial charge in [-0.05, 0) is 38.5 Å². The van der Waals surface area contributed by atoms with Gasteiger partial charge in [-0.25, -0.2) is 14.7 Å². The van der Waals surface area contributed by atoms with E-state index >= 15 is 0 Å². The van der Waals surface area contributed by atoms with Gasteiger partial charge in [0.25, 0.3) is 0 Å². The molecular weight excluding hydrogens is 381 g/mol. The summed E-state index contributed by atoms with van der Waals surface area (Å²) in [4.78, 5) is 8.81. The zero-order valence-corrected chi connectivity index (χ0v) is 16.3. The number of hydrogen-bond acceptors (Lipinski definition) is 3. The first kappa shape index (κ1) is 20.7. The molecule has 1 aromatic carbocycles. The minimum Gasteiger partial charge on any atom is -0.357 e. The fraction of sp³-hybridized carbons (Fsp3) is 0.450. The van der Waals surface area contributed by atoms with Crippen molar-refractivity contribution in [1.82, 2.24) is 25.4 Å². The van der Waals surface area contributed by atoms with Crippen LogP contribution in [-0.2, 0) is 19.1 Å². The predicted molar refractivity (Wildman–Crippen MR) is 104 cm³/mol. The summed E-state index contributed by atoms with van der Waals surface area (Å²) in [6.07, 6.45) is -2.62. The molecule has 29 heavy (non-hydrogen) atoms. The van der Waals surface area contributed by atoms with Gasteiger partial charge >= 0.3 is 6.18 Å². The van der Waals surface area contributed by atoms with Crippen LogP contribution in [0.5, 0.6) is 0 Å². The van der Waals surface area contributed by atoms with Crippen molar-refractivity contribution in [2.24, 2.45) is 4.99 Å². The average molecular weight is 404 g/mol. The Morgan fingerprint density at radius 3 is 2.97 bits per heavy atom. The third kappa shape index (κ3) is 5.73. The lowest BCUT2D eigenvalue weighted by Crippen LogP contribution is -2.47. The number of aliphatic imine (C=N–C) groups is 1. The highest BCUT2D eigenvalue weighted by atomic mass is 19.4. The van der Waals surface area contributed by atoms with Crippen LogP contribution in [0.25, 0.3) is 0 Å². The molecule has 2 aromatic rings. The molecule has 0 amide bonds. The molecule has 154 valence electrons. The fourth-order valence-electron chi connectivity index (χ4n) is 3.10. The summed E-state index contributed by atoms with van der Waals surface area (Å²) in [5.41, 5.74) is -0.392. The van der Waals surface area contributed by atoms with Crippen LogP contribution >= 0.6 is 0 Å². The summed E-state index contributed by atoms with van der Waals surface area (Å²) in [5, 5.41) is 10.9. The van der Waals surface area contributed by atoms with Crippen molar-refractivity contribution >= 4 is 5.96 Å². The number of fused-ring (bicyclic) bond motifs is 1. The molecule has 1 aromatic heterocycles. The molecule has 3 rings (SSSR count). The first-order chi connectivity index (χ1) is 13.8. The van der Waals surface area contributed by atoms with E-state index in [9.17, 15) is 13.2 Å². The monoisotopic (exact) mass is 404 g/mol. The Labute approximate surface area is 167 Å². The van der Waals surface area contributed by atoms with Crippen molar-refractivity contribution in [3.8, 4) is 11.8 Å². The Bertz CT molecular complexity index is 936. The van der Waals surface area contributed by atoms with Crippen LogP contribution in [-0.4, -0.2) is 39.9 Å². The third-order valence-corrected chi connectivity index (χ3v) is 4.39. The number of aryl methyl sites for hydroxylation is 2. The SMILES string of the molecule is CCNC(=NCC#Cc1cccc(C(F)(F)F)c1)NC1CCc2nc(C)nn2C1. The maximum atomic E-state index is 12.8. The zero-order chi connectivity index (χ0) is 20.9. The molecule has 1 aliphatic rings. The Balaban J connectivity index is 1.61.